The SMILES string of the molecule is Cc1cc(Nc2ncc(Br)cc2[N+](=O)[O-])ccc1F. The van der Waals surface area contributed by atoms with Crippen LogP contribution in [0.1, 0.15) is 5.56 Å². The molecule has 2 rings (SSSR count). The number of halogens is 2. The highest BCUT2D eigenvalue weighted by molar-refractivity contribution is 9.10. The van der Waals surface area contributed by atoms with Gasteiger partial charge < -0.3 is 5.32 Å². The highest BCUT2D eigenvalue weighted by Gasteiger charge is 2.16. The number of nitrogens with one attached hydrogen (secondary N) is 1. The van der Waals surface area contributed by atoms with Gasteiger partial charge in [0.1, 0.15) is 5.82 Å². The van der Waals surface area contributed by atoms with E-state index in [1.54, 1.807) is 13.0 Å². The van der Waals surface area contributed by atoms with Crippen molar-refractivity contribution >= 4 is 33.1 Å². The molecule has 0 atom stereocenters. The number of nitrogens with zero attached hydrogens (tertiary/aromatic N) is 2. The Morgan fingerprint density at radius 3 is 2.79 bits per heavy atom. The molecular formula is C12H9BrFN3O2. The lowest BCUT2D eigenvalue weighted by Crippen LogP contribution is -2.00. The Labute approximate surface area is 116 Å². The van der Waals surface area contributed by atoms with E-state index in [0.29, 0.717) is 15.7 Å². The maximum Gasteiger partial charge on any atom is 0.312 e. The lowest BCUT2D eigenvalue weighted by Gasteiger charge is -2.07. The van der Waals surface area contributed by atoms with Crippen molar-refractivity contribution < 1.29 is 9.31 Å². The highest BCUT2D eigenvalue weighted by atomic mass is 79.9. The van der Waals surface area contributed by atoms with Gasteiger partial charge in [0.05, 0.1) is 4.92 Å². The summed E-state index contributed by atoms with van der Waals surface area (Å²) in [7, 11) is 0. The van der Waals surface area contributed by atoms with E-state index in [4.69, 9.17) is 0 Å². The molecule has 0 bridgehead atoms. The summed E-state index contributed by atoms with van der Waals surface area (Å²) in [5, 5.41) is 13.7. The van der Waals surface area contributed by atoms with Crippen molar-refractivity contribution in [2.75, 3.05) is 5.32 Å². The molecule has 7 heteroatoms. The van der Waals surface area contributed by atoms with Crippen LogP contribution in [0.4, 0.5) is 21.6 Å². The third-order valence-corrected chi connectivity index (χ3v) is 2.89. The number of rotatable bonds is 3. The van der Waals surface area contributed by atoms with Crippen LogP contribution in [0.25, 0.3) is 0 Å². The number of hydrogen-bond acceptors (Lipinski definition) is 4. The molecule has 5 nitrogen and oxygen atoms in total. The van der Waals surface area contributed by atoms with Crippen molar-refractivity contribution in [3.63, 3.8) is 0 Å². The van der Waals surface area contributed by atoms with Crippen LogP contribution in [0.15, 0.2) is 34.9 Å². The molecule has 98 valence electrons. The van der Waals surface area contributed by atoms with E-state index in [0.717, 1.165) is 0 Å². The summed E-state index contributed by atoms with van der Waals surface area (Å²) in [6, 6.07) is 5.70. The molecule has 1 heterocycles. The Morgan fingerprint density at radius 1 is 1.42 bits per heavy atom. The third-order valence-electron chi connectivity index (χ3n) is 2.45. The maximum absolute atomic E-state index is 13.1. The van der Waals surface area contributed by atoms with Gasteiger partial charge in [-0.15, -0.1) is 0 Å². The minimum atomic E-state index is -0.531. The van der Waals surface area contributed by atoms with Gasteiger partial charge in [0, 0.05) is 22.4 Å². The Balaban J connectivity index is 2.37. The minimum Gasteiger partial charge on any atom is -0.334 e. The van der Waals surface area contributed by atoms with Crippen LogP contribution in [0.5, 0.6) is 0 Å². The average molecular weight is 326 g/mol. The topological polar surface area (TPSA) is 68.1 Å². The number of aryl methyl sites for hydroxylation is 1. The van der Waals surface area contributed by atoms with Gasteiger partial charge in [0.2, 0.25) is 5.82 Å². The van der Waals surface area contributed by atoms with Gasteiger partial charge in [-0.25, -0.2) is 9.37 Å². The zero-order valence-electron chi connectivity index (χ0n) is 9.85. The number of benzene rings is 1. The summed E-state index contributed by atoms with van der Waals surface area (Å²) < 4.78 is 13.7. The van der Waals surface area contributed by atoms with Gasteiger partial charge in [-0.1, -0.05) is 0 Å². The molecule has 1 aromatic carbocycles. The molecule has 0 spiro atoms. The van der Waals surface area contributed by atoms with Gasteiger partial charge in [-0.3, -0.25) is 10.1 Å². The summed E-state index contributed by atoms with van der Waals surface area (Å²) in [4.78, 5) is 14.4. The molecule has 1 aromatic heterocycles. The van der Waals surface area contributed by atoms with Crippen molar-refractivity contribution in [3.8, 4) is 0 Å². The van der Waals surface area contributed by atoms with Gasteiger partial charge in [-0.2, -0.15) is 0 Å². The molecule has 0 saturated heterocycles. The fraction of sp³-hybridized carbons (Fsp3) is 0.0833. The third kappa shape index (κ3) is 3.05. The molecule has 0 fully saturated rings. The molecule has 2 aromatic rings. The predicted octanol–water partition coefficient (Wildman–Crippen LogP) is 3.94. The average Bonchev–Trinajstić information content (AvgIpc) is 2.36. The van der Waals surface area contributed by atoms with Crippen molar-refractivity contribution in [2.45, 2.75) is 6.92 Å². The van der Waals surface area contributed by atoms with Crippen molar-refractivity contribution in [1.29, 1.82) is 0 Å². The van der Waals surface area contributed by atoms with Crippen molar-refractivity contribution in [2.24, 2.45) is 0 Å². The second-order valence-corrected chi connectivity index (χ2v) is 4.78. The van der Waals surface area contributed by atoms with Crippen LogP contribution in [-0.2, 0) is 0 Å². The lowest BCUT2D eigenvalue weighted by atomic mass is 10.2. The highest BCUT2D eigenvalue weighted by Crippen LogP contribution is 2.28. The largest absolute Gasteiger partial charge is 0.334 e. The fourth-order valence-corrected chi connectivity index (χ4v) is 1.84. The predicted molar refractivity (Wildman–Crippen MR) is 73.0 cm³/mol. The summed E-state index contributed by atoms with van der Waals surface area (Å²) in [5.74, 6) is -0.219. The second-order valence-electron chi connectivity index (χ2n) is 3.87. The van der Waals surface area contributed by atoms with Gasteiger partial charge >= 0.3 is 5.69 Å². The zero-order valence-corrected chi connectivity index (χ0v) is 11.4. The van der Waals surface area contributed by atoms with Gasteiger partial charge in [0.15, 0.2) is 0 Å². The van der Waals surface area contributed by atoms with E-state index in [9.17, 15) is 14.5 Å². The van der Waals surface area contributed by atoms with Crippen LogP contribution in [0.2, 0.25) is 0 Å². The number of nitro groups is 1. The van der Waals surface area contributed by atoms with E-state index in [-0.39, 0.29) is 17.3 Å². The second kappa shape index (κ2) is 5.31. The molecule has 0 saturated carbocycles. The first-order valence-corrected chi connectivity index (χ1v) is 6.10. The first-order chi connectivity index (χ1) is 8.97. The van der Waals surface area contributed by atoms with E-state index in [1.165, 1.54) is 24.4 Å². The van der Waals surface area contributed by atoms with Crippen LogP contribution in [-0.4, -0.2) is 9.91 Å². The Bertz CT molecular complexity index is 649. The molecule has 0 radical (unpaired) electrons. The molecule has 0 amide bonds. The van der Waals surface area contributed by atoms with Gasteiger partial charge in [-0.05, 0) is 46.6 Å². The number of hydrogen-bond donors (Lipinski definition) is 1. The van der Waals surface area contributed by atoms with E-state index >= 15 is 0 Å². The minimum absolute atomic E-state index is 0.110. The molecule has 0 unspecified atom stereocenters. The smallest absolute Gasteiger partial charge is 0.312 e. The quantitative estimate of drug-likeness (QED) is 0.685. The maximum atomic E-state index is 13.1. The summed E-state index contributed by atoms with van der Waals surface area (Å²) in [6.07, 6.45) is 1.45. The molecule has 19 heavy (non-hydrogen) atoms. The van der Waals surface area contributed by atoms with Crippen LogP contribution in [0, 0.1) is 22.9 Å². The van der Waals surface area contributed by atoms with E-state index < -0.39 is 4.92 Å². The normalized spacial score (nSPS) is 10.3. The summed E-state index contributed by atoms with van der Waals surface area (Å²) in [5.41, 5.74) is 0.831. The lowest BCUT2D eigenvalue weighted by molar-refractivity contribution is -0.384. The fourth-order valence-electron chi connectivity index (χ4n) is 1.52. The van der Waals surface area contributed by atoms with Crippen LogP contribution in [0.3, 0.4) is 0 Å². The Hall–Kier alpha value is -2.02. The Kier molecular flexibility index (Phi) is 3.75. The van der Waals surface area contributed by atoms with Crippen LogP contribution >= 0.6 is 15.9 Å². The van der Waals surface area contributed by atoms with E-state index in [2.05, 4.69) is 26.2 Å². The van der Waals surface area contributed by atoms with E-state index in [1.807, 2.05) is 0 Å². The first kappa shape index (κ1) is 13.4. The van der Waals surface area contributed by atoms with Gasteiger partial charge in [0.25, 0.3) is 0 Å². The first-order valence-electron chi connectivity index (χ1n) is 5.30. The monoisotopic (exact) mass is 325 g/mol. The van der Waals surface area contributed by atoms with Crippen molar-refractivity contribution in [1.82, 2.24) is 4.98 Å². The van der Waals surface area contributed by atoms with Crippen molar-refractivity contribution in [3.05, 3.63) is 56.4 Å². The molecule has 1 N–H and O–H groups in total. The number of anilines is 2. The number of pyridine rings is 1. The zero-order chi connectivity index (χ0) is 14.0. The molecule has 0 aliphatic heterocycles. The molecular weight excluding hydrogens is 317 g/mol. The standard InChI is InChI=1S/C12H9BrFN3O2/c1-7-4-9(2-3-10(7)14)16-12-11(17(18)19)5-8(13)6-15-12/h2-6H,1H3,(H,15,16). The number of aromatic nitrogens is 1. The molecule has 0 aliphatic carbocycles. The van der Waals surface area contributed by atoms with Crippen LogP contribution < -0.4 is 5.32 Å². The summed E-state index contributed by atoms with van der Waals surface area (Å²) >= 11 is 3.13. The Morgan fingerprint density at radius 2 is 2.16 bits per heavy atom. The molecule has 0 aliphatic rings. The summed E-state index contributed by atoms with van der Waals surface area (Å²) in [6.45, 7) is 1.62.